The van der Waals surface area contributed by atoms with Gasteiger partial charge in [0.1, 0.15) is 0 Å². The van der Waals surface area contributed by atoms with Crippen molar-refractivity contribution in [3.8, 4) is 55.8 Å². The maximum atomic E-state index is 2.70. The molecule has 0 spiro atoms. The Labute approximate surface area is 342 Å². The highest BCUT2D eigenvalue weighted by Gasteiger charge is 2.59. The summed E-state index contributed by atoms with van der Waals surface area (Å²) in [6.45, 7) is 19.0. The van der Waals surface area contributed by atoms with Gasteiger partial charge in [-0.05, 0) is 149 Å². The van der Waals surface area contributed by atoms with E-state index in [1.807, 2.05) is 0 Å². The van der Waals surface area contributed by atoms with E-state index >= 15 is 0 Å². The van der Waals surface area contributed by atoms with Gasteiger partial charge in [0.05, 0.1) is 16.4 Å². The third-order valence-corrected chi connectivity index (χ3v) is 14.0. The number of nitrogens with zero attached hydrogens (tertiary/aromatic N) is 1. The summed E-state index contributed by atoms with van der Waals surface area (Å²) in [5.74, 6) is 0. The summed E-state index contributed by atoms with van der Waals surface area (Å²) >= 11 is 0. The molecule has 0 bridgehead atoms. The number of benzene rings is 6. The molecule has 2 unspecified atom stereocenters. The van der Waals surface area contributed by atoms with Crippen LogP contribution in [0.5, 0.6) is 0 Å². The maximum absolute atomic E-state index is 2.70. The molecule has 0 fully saturated rings. The van der Waals surface area contributed by atoms with E-state index in [0.717, 1.165) is 32.1 Å². The molecule has 7 aromatic rings. The number of unbranched alkanes of at least 4 members (excludes halogenated alkanes) is 1. The number of pyridine rings is 1. The first-order valence-electron chi connectivity index (χ1n) is 21.7. The van der Waals surface area contributed by atoms with Crippen molar-refractivity contribution in [2.75, 3.05) is 0 Å². The Morgan fingerprint density at radius 2 is 1.14 bits per heavy atom. The van der Waals surface area contributed by atoms with Crippen LogP contribution in [0.3, 0.4) is 0 Å². The summed E-state index contributed by atoms with van der Waals surface area (Å²) in [4.78, 5) is 0. The highest BCUT2D eigenvalue weighted by molar-refractivity contribution is 5.96. The Balaban J connectivity index is 1.34. The molecule has 0 amide bonds. The van der Waals surface area contributed by atoms with Crippen molar-refractivity contribution >= 4 is 10.8 Å². The lowest BCUT2D eigenvalue weighted by Crippen LogP contribution is -2.69. The van der Waals surface area contributed by atoms with Crippen LogP contribution in [0, 0.1) is 20.8 Å². The predicted octanol–water partition coefficient (Wildman–Crippen LogP) is 15.3. The van der Waals surface area contributed by atoms with Gasteiger partial charge in [-0.3, -0.25) is 0 Å². The predicted molar refractivity (Wildman–Crippen MR) is 245 cm³/mol. The molecule has 288 valence electrons. The minimum atomic E-state index is -0.0121. The van der Waals surface area contributed by atoms with Crippen molar-refractivity contribution in [1.29, 1.82) is 0 Å². The van der Waals surface area contributed by atoms with Crippen LogP contribution in [0.25, 0.3) is 66.5 Å². The van der Waals surface area contributed by atoms with E-state index in [1.165, 1.54) is 107 Å². The minimum absolute atomic E-state index is 0.00548. The van der Waals surface area contributed by atoms with Crippen molar-refractivity contribution in [2.24, 2.45) is 0 Å². The fraction of sp³-hybridized carbons (Fsp3) is 0.304. The zero-order valence-electron chi connectivity index (χ0n) is 35.6. The molecule has 1 nitrogen and oxygen atoms in total. The van der Waals surface area contributed by atoms with Crippen molar-refractivity contribution in [2.45, 2.75) is 111 Å². The second kappa shape index (κ2) is 15.6. The standard InChI is InChI=1S/C56H60N/c1-9-13-21-41-22-19-27-46(35-41)52-38(5)51(43-24-15-14-16-25-43)39(6)53(40(52)7)47-28-20-26-44(36-47)45-30-31-50-49(37-45)54-48-29-18-17-23-42(48)32-34-57(54)56(12-4,33-10-2)55(50,8)11-3/h14-20,22-32,34-37H,9-13,21,33H2,1-8H3/q+1. The van der Waals surface area contributed by atoms with Gasteiger partial charge in [0, 0.05) is 18.9 Å². The molecule has 1 heteroatoms. The van der Waals surface area contributed by atoms with Gasteiger partial charge in [-0.15, -0.1) is 0 Å². The number of rotatable bonds is 11. The van der Waals surface area contributed by atoms with Crippen LogP contribution >= 0.6 is 0 Å². The molecule has 1 aromatic heterocycles. The first-order valence-corrected chi connectivity index (χ1v) is 21.7. The minimum Gasteiger partial charge on any atom is -0.191 e. The molecule has 0 aliphatic carbocycles. The van der Waals surface area contributed by atoms with Crippen molar-refractivity contribution in [3.63, 3.8) is 0 Å². The molecule has 2 atom stereocenters. The molecule has 0 saturated heterocycles. The smallest absolute Gasteiger partial charge is 0.191 e. The SMILES string of the molecule is CCCCc1cccc(-c2c(C)c(-c3ccccc3)c(C)c(-c3cccc(-c4ccc5c(c4)-c4c6ccccc6cc[n+]4C(CC)(CCC)C5(C)CC)c3)c2C)c1. The van der Waals surface area contributed by atoms with Gasteiger partial charge >= 0.3 is 0 Å². The number of hydrogen-bond donors (Lipinski definition) is 0. The number of aryl methyl sites for hydroxylation is 1. The Morgan fingerprint density at radius 3 is 1.82 bits per heavy atom. The molecule has 2 heterocycles. The Bertz CT molecular complexity index is 2590. The lowest BCUT2D eigenvalue weighted by molar-refractivity contribution is -0.769. The van der Waals surface area contributed by atoms with Crippen LogP contribution in [-0.2, 0) is 17.4 Å². The largest absolute Gasteiger partial charge is 0.221 e. The van der Waals surface area contributed by atoms with Gasteiger partial charge < -0.3 is 0 Å². The zero-order valence-corrected chi connectivity index (χ0v) is 35.6. The van der Waals surface area contributed by atoms with Gasteiger partial charge in [0.15, 0.2) is 11.7 Å². The van der Waals surface area contributed by atoms with E-state index in [9.17, 15) is 0 Å². The second-order valence-corrected chi connectivity index (χ2v) is 17.0. The van der Waals surface area contributed by atoms with Crippen molar-refractivity contribution < 1.29 is 4.57 Å². The van der Waals surface area contributed by atoms with Gasteiger partial charge in [0.2, 0.25) is 5.69 Å². The number of aromatic nitrogens is 1. The lowest BCUT2D eigenvalue weighted by atomic mass is 9.58. The quantitative estimate of drug-likeness (QED) is 0.116. The van der Waals surface area contributed by atoms with Gasteiger partial charge in [-0.1, -0.05) is 137 Å². The molecular formula is C56H60N+. The first kappa shape index (κ1) is 38.6. The normalized spacial score (nSPS) is 17.4. The molecule has 1 aliphatic heterocycles. The van der Waals surface area contributed by atoms with Crippen LogP contribution in [0.2, 0.25) is 0 Å². The van der Waals surface area contributed by atoms with Crippen molar-refractivity contribution in [3.05, 3.63) is 161 Å². The lowest BCUT2D eigenvalue weighted by Gasteiger charge is -2.48. The maximum Gasteiger partial charge on any atom is 0.221 e. The monoisotopic (exact) mass is 746 g/mol. The topological polar surface area (TPSA) is 3.88 Å². The summed E-state index contributed by atoms with van der Waals surface area (Å²) in [5, 5.41) is 2.64. The second-order valence-electron chi connectivity index (χ2n) is 17.0. The van der Waals surface area contributed by atoms with E-state index in [1.54, 1.807) is 0 Å². The van der Waals surface area contributed by atoms with E-state index < -0.39 is 0 Å². The van der Waals surface area contributed by atoms with Crippen LogP contribution in [-0.4, -0.2) is 0 Å². The summed E-state index contributed by atoms with van der Waals surface area (Å²) in [6.07, 6.45) is 10.4. The van der Waals surface area contributed by atoms with Crippen LogP contribution < -0.4 is 4.57 Å². The summed E-state index contributed by atoms with van der Waals surface area (Å²) in [5.41, 5.74) is 20.1. The fourth-order valence-corrected chi connectivity index (χ4v) is 11.1. The highest BCUT2D eigenvalue weighted by Crippen LogP contribution is 2.53. The molecule has 0 N–H and O–H groups in total. The average Bonchev–Trinajstić information content (AvgIpc) is 3.24. The molecule has 1 aliphatic rings. The van der Waals surface area contributed by atoms with Gasteiger partial charge in [0.25, 0.3) is 0 Å². The Morgan fingerprint density at radius 1 is 0.526 bits per heavy atom. The molecule has 8 rings (SSSR count). The van der Waals surface area contributed by atoms with Gasteiger partial charge in [-0.2, -0.15) is 4.57 Å². The van der Waals surface area contributed by atoms with Crippen molar-refractivity contribution in [1.82, 2.24) is 0 Å². The third-order valence-electron chi connectivity index (χ3n) is 14.0. The summed E-state index contributed by atoms with van der Waals surface area (Å²) in [6, 6.07) is 48.5. The van der Waals surface area contributed by atoms with Gasteiger partial charge in [-0.25, -0.2) is 0 Å². The highest BCUT2D eigenvalue weighted by atomic mass is 15.1. The van der Waals surface area contributed by atoms with E-state index in [2.05, 4.69) is 194 Å². The molecule has 0 saturated carbocycles. The van der Waals surface area contributed by atoms with Crippen LogP contribution in [0.15, 0.2) is 134 Å². The summed E-state index contributed by atoms with van der Waals surface area (Å²) < 4.78 is 2.70. The van der Waals surface area contributed by atoms with E-state index in [-0.39, 0.29) is 11.0 Å². The van der Waals surface area contributed by atoms with E-state index in [0.29, 0.717) is 0 Å². The average molecular weight is 747 g/mol. The zero-order chi connectivity index (χ0) is 39.9. The molecule has 6 aromatic carbocycles. The number of hydrogen-bond acceptors (Lipinski definition) is 0. The Hall–Kier alpha value is -5.27. The number of fused-ring (bicyclic) bond motifs is 5. The Kier molecular flexibility index (Phi) is 10.6. The molecular weight excluding hydrogens is 687 g/mol. The fourth-order valence-electron chi connectivity index (χ4n) is 11.1. The molecule has 57 heavy (non-hydrogen) atoms. The van der Waals surface area contributed by atoms with Crippen LogP contribution in [0.4, 0.5) is 0 Å². The molecule has 0 radical (unpaired) electrons. The van der Waals surface area contributed by atoms with E-state index in [4.69, 9.17) is 0 Å². The summed E-state index contributed by atoms with van der Waals surface area (Å²) in [7, 11) is 0. The van der Waals surface area contributed by atoms with Crippen LogP contribution in [0.1, 0.15) is 101 Å². The third kappa shape index (κ3) is 6.26. The first-order chi connectivity index (χ1) is 27.7.